The van der Waals surface area contributed by atoms with Crippen molar-refractivity contribution in [2.75, 3.05) is 58.7 Å². The number of phenolic OH excluding ortho intramolecular Hbond substituents is 1. The summed E-state index contributed by atoms with van der Waals surface area (Å²) in [4.78, 5) is 62.4. The number of hydrogen-bond donors (Lipinski definition) is 7. The Morgan fingerprint density at radius 2 is 1.66 bits per heavy atom. The number of likely N-dealkylation sites (N-methyl/N-ethyl adjacent to an activating group) is 1. The molecule has 312 valence electrons. The number of ether oxygens (including phenoxy) is 1. The lowest BCUT2D eigenvalue weighted by Crippen LogP contribution is -2.50. The van der Waals surface area contributed by atoms with Gasteiger partial charge in [0.25, 0.3) is 0 Å². The van der Waals surface area contributed by atoms with Crippen molar-refractivity contribution in [2.45, 2.75) is 90.6 Å². The molecule has 2 rings (SSSR count). The zero-order chi connectivity index (χ0) is 41.3. The molecule has 0 fully saturated rings. The zero-order valence-corrected chi connectivity index (χ0v) is 34.3. The SMILES string of the molecule is CCCCCCCCCCNCCS(=O)NCC(=O)N(C)C(C)c1ccc(OCCN)c(-c2cc(CC(NC(=O)CNC=O)C(=O)NCC(C)=O)ccc2O)c1. The van der Waals surface area contributed by atoms with E-state index < -0.39 is 34.9 Å². The molecule has 15 nitrogen and oxygen atoms in total. The fourth-order valence-corrected chi connectivity index (χ4v) is 6.61. The maximum Gasteiger partial charge on any atom is 0.243 e. The maximum atomic E-state index is 13.2. The predicted molar refractivity (Wildman–Crippen MR) is 219 cm³/mol. The van der Waals surface area contributed by atoms with Crippen molar-refractivity contribution in [1.29, 1.82) is 0 Å². The van der Waals surface area contributed by atoms with Gasteiger partial charge in [0.2, 0.25) is 24.1 Å². The molecule has 0 radical (unpaired) electrons. The number of unbranched alkanes of at least 4 members (excludes halogenated alkanes) is 7. The topological polar surface area (TPSA) is 221 Å². The maximum absolute atomic E-state index is 13.2. The van der Waals surface area contributed by atoms with E-state index in [2.05, 4.69) is 32.9 Å². The molecule has 2 aromatic rings. The van der Waals surface area contributed by atoms with Crippen molar-refractivity contribution in [1.82, 2.24) is 30.9 Å². The lowest BCUT2D eigenvalue weighted by atomic mass is 9.94. The Labute approximate surface area is 334 Å². The van der Waals surface area contributed by atoms with Crippen molar-refractivity contribution in [3.05, 3.63) is 47.5 Å². The molecule has 0 spiro atoms. The van der Waals surface area contributed by atoms with Gasteiger partial charge in [-0.2, -0.15) is 0 Å². The molecular formula is C40H63N7O8S. The Balaban J connectivity index is 2.13. The van der Waals surface area contributed by atoms with Gasteiger partial charge in [-0.3, -0.25) is 24.0 Å². The Bertz CT molecular complexity index is 1580. The zero-order valence-electron chi connectivity index (χ0n) is 33.5. The minimum absolute atomic E-state index is 0.0140. The van der Waals surface area contributed by atoms with Crippen LogP contribution < -0.4 is 36.5 Å². The highest BCUT2D eigenvalue weighted by Crippen LogP contribution is 2.39. The minimum Gasteiger partial charge on any atom is -0.507 e. The average Bonchev–Trinajstić information content (AvgIpc) is 3.19. The van der Waals surface area contributed by atoms with Gasteiger partial charge in [0.05, 0.1) is 42.4 Å². The molecule has 56 heavy (non-hydrogen) atoms. The van der Waals surface area contributed by atoms with E-state index in [0.717, 1.165) is 18.5 Å². The summed E-state index contributed by atoms with van der Waals surface area (Å²) in [5.41, 5.74) is 7.87. The summed E-state index contributed by atoms with van der Waals surface area (Å²) in [6, 6.07) is 8.53. The van der Waals surface area contributed by atoms with Crippen molar-refractivity contribution in [3.63, 3.8) is 0 Å². The number of nitrogens with one attached hydrogen (secondary N) is 5. The van der Waals surface area contributed by atoms with Crippen LogP contribution in [-0.2, 0) is 41.4 Å². The third-order valence-corrected chi connectivity index (χ3v) is 10.2. The first kappa shape index (κ1) is 47.8. The number of Topliss-reactive ketones (excluding diaryl/α,β-unsaturated/α-hetero) is 1. The lowest BCUT2D eigenvalue weighted by molar-refractivity contribution is -0.130. The number of nitrogens with zero attached hydrogens (tertiary/aromatic N) is 1. The molecule has 0 bridgehead atoms. The molecule has 16 heteroatoms. The van der Waals surface area contributed by atoms with E-state index in [-0.39, 0.29) is 56.6 Å². The molecule has 0 saturated carbocycles. The van der Waals surface area contributed by atoms with Crippen molar-refractivity contribution < 1.29 is 38.0 Å². The summed E-state index contributed by atoms with van der Waals surface area (Å²) in [5, 5.41) is 21.7. The highest BCUT2D eigenvalue weighted by Gasteiger charge is 2.24. The van der Waals surface area contributed by atoms with Crippen molar-refractivity contribution >= 4 is 40.9 Å². The van der Waals surface area contributed by atoms with Gasteiger partial charge in [-0.1, -0.05) is 64.0 Å². The first-order valence-electron chi connectivity index (χ1n) is 19.5. The van der Waals surface area contributed by atoms with Crippen LogP contribution in [0.4, 0.5) is 0 Å². The van der Waals surface area contributed by atoms with E-state index in [0.29, 0.717) is 41.1 Å². The number of rotatable bonds is 30. The number of phenols is 1. The molecule has 0 aliphatic heterocycles. The first-order chi connectivity index (χ1) is 26.9. The molecule has 3 unspecified atom stereocenters. The number of nitrogens with two attached hydrogens (primary N) is 1. The summed E-state index contributed by atoms with van der Waals surface area (Å²) >= 11 is 0. The number of ketones is 1. The van der Waals surface area contributed by atoms with Gasteiger partial charge in [-0.15, -0.1) is 0 Å². The van der Waals surface area contributed by atoms with Crippen molar-refractivity contribution in [2.24, 2.45) is 5.73 Å². The van der Waals surface area contributed by atoms with Gasteiger partial charge in [-0.05, 0) is 62.2 Å². The molecule has 0 aliphatic carbocycles. The fourth-order valence-electron chi connectivity index (χ4n) is 5.85. The van der Waals surface area contributed by atoms with E-state index in [4.69, 9.17) is 10.5 Å². The fraction of sp³-hybridized carbons (Fsp3) is 0.575. The quantitative estimate of drug-likeness (QED) is 0.0452. The highest BCUT2D eigenvalue weighted by atomic mass is 32.2. The number of aromatic hydroxyl groups is 1. The van der Waals surface area contributed by atoms with Crippen LogP contribution in [0.2, 0.25) is 0 Å². The average molecular weight is 802 g/mol. The second-order valence-electron chi connectivity index (χ2n) is 13.8. The highest BCUT2D eigenvalue weighted by molar-refractivity contribution is 7.83. The van der Waals surface area contributed by atoms with Crippen LogP contribution in [-0.4, -0.2) is 109 Å². The molecule has 0 aromatic heterocycles. The second-order valence-corrected chi connectivity index (χ2v) is 15.2. The Morgan fingerprint density at radius 1 is 0.946 bits per heavy atom. The third-order valence-electron chi connectivity index (χ3n) is 9.19. The summed E-state index contributed by atoms with van der Waals surface area (Å²) in [6.07, 6.45) is 10.3. The standard InChI is InChI=1S/C40H63N7O8S/c1-5-6-7-8-9-10-11-12-18-42-19-21-56(54)45-27-39(52)47(4)30(3)32-14-16-37(55-20-17-41)34(24-32)33-22-31(13-15-36(33)50)23-35(40(53)44-25-29(2)49)46-38(51)26-43-28-48/h13-16,22,24,28,30,35,42,45,50H,5-12,17-21,23,25-27,41H2,1-4H3,(H,43,48)(H,44,53)(H,46,51). The van der Waals surface area contributed by atoms with Crippen LogP contribution >= 0.6 is 0 Å². The monoisotopic (exact) mass is 801 g/mol. The molecule has 3 atom stereocenters. The Morgan fingerprint density at radius 3 is 2.34 bits per heavy atom. The Hall–Kier alpha value is -4.38. The lowest BCUT2D eigenvalue weighted by Gasteiger charge is -2.26. The van der Waals surface area contributed by atoms with Crippen LogP contribution in [0.5, 0.6) is 11.5 Å². The van der Waals surface area contributed by atoms with Crippen LogP contribution in [0.15, 0.2) is 36.4 Å². The van der Waals surface area contributed by atoms with Crippen LogP contribution in [0, 0.1) is 0 Å². The number of carbonyl (C=O) groups excluding carboxylic acids is 5. The molecule has 0 heterocycles. The third kappa shape index (κ3) is 18.0. The van der Waals surface area contributed by atoms with E-state index in [1.54, 1.807) is 36.2 Å². The van der Waals surface area contributed by atoms with Gasteiger partial charge in [0, 0.05) is 37.7 Å². The molecule has 0 aliphatic rings. The molecule has 2 aromatic carbocycles. The van der Waals surface area contributed by atoms with Gasteiger partial charge < -0.3 is 41.7 Å². The van der Waals surface area contributed by atoms with Gasteiger partial charge in [-0.25, -0.2) is 8.93 Å². The Kier molecular flexibility index (Phi) is 23.3. The molecule has 4 amide bonds. The number of amides is 4. The van der Waals surface area contributed by atoms with E-state index in [1.807, 2.05) is 13.0 Å². The number of carbonyl (C=O) groups is 5. The minimum atomic E-state index is -1.38. The van der Waals surface area contributed by atoms with Gasteiger partial charge >= 0.3 is 0 Å². The summed E-state index contributed by atoms with van der Waals surface area (Å²) < 4.78 is 21.4. The van der Waals surface area contributed by atoms with Crippen LogP contribution in [0.25, 0.3) is 11.1 Å². The van der Waals surface area contributed by atoms with Crippen molar-refractivity contribution in [3.8, 4) is 22.6 Å². The summed E-state index contributed by atoms with van der Waals surface area (Å²) in [6.45, 7) is 6.60. The van der Waals surface area contributed by atoms with E-state index in [1.165, 1.54) is 57.9 Å². The molecule has 8 N–H and O–H groups in total. The van der Waals surface area contributed by atoms with Crippen LogP contribution in [0.1, 0.15) is 89.3 Å². The summed E-state index contributed by atoms with van der Waals surface area (Å²) in [7, 11) is 0.283. The normalized spacial score (nSPS) is 12.6. The van der Waals surface area contributed by atoms with Crippen LogP contribution in [0.3, 0.4) is 0 Å². The van der Waals surface area contributed by atoms with E-state index >= 15 is 0 Å². The number of benzene rings is 2. The van der Waals surface area contributed by atoms with E-state index in [9.17, 15) is 33.3 Å². The largest absolute Gasteiger partial charge is 0.507 e. The second kappa shape index (κ2) is 27.3. The van der Waals surface area contributed by atoms with Gasteiger partial charge in [0.1, 0.15) is 29.9 Å². The molecule has 0 saturated heterocycles. The van der Waals surface area contributed by atoms with Gasteiger partial charge in [0.15, 0.2) is 0 Å². The summed E-state index contributed by atoms with van der Waals surface area (Å²) in [5.74, 6) is -1.03. The number of hydrogen-bond acceptors (Lipinski definition) is 10. The smallest absolute Gasteiger partial charge is 0.243 e. The molecular weight excluding hydrogens is 739 g/mol. The predicted octanol–water partition coefficient (Wildman–Crippen LogP) is 2.38. The first-order valence-corrected chi connectivity index (χ1v) is 20.8.